The molecule has 4 atom stereocenters. The van der Waals surface area contributed by atoms with Crippen LogP contribution in [0.2, 0.25) is 0 Å². The van der Waals surface area contributed by atoms with Gasteiger partial charge in [0.15, 0.2) is 6.10 Å². The number of hydrogen-bond acceptors (Lipinski definition) is 3. The monoisotopic (exact) mass is 298 g/mol. The summed E-state index contributed by atoms with van der Waals surface area (Å²) in [4.78, 5) is 22.7. The van der Waals surface area contributed by atoms with Crippen molar-refractivity contribution in [2.75, 3.05) is 6.54 Å². The number of rotatable bonds is 4. The summed E-state index contributed by atoms with van der Waals surface area (Å²) in [6, 6.07) is 0.0590. The van der Waals surface area contributed by atoms with E-state index < -0.39 is 12.1 Å². The number of nitrogens with one attached hydrogen (secondary N) is 2. The van der Waals surface area contributed by atoms with Crippen LogP contribution in [0.15, 0.2) is 0 Å². The second kappa shape index (κ2) is 7.11. The lowest BCUT2D eigenvalue weighted by molar-refractivity contribution is -0.149. The van der Waals surface area contributed by atoms with Crippen LogP contribution in [-0.4, -0.2) is 41.9 Å². The highest BCUT2D eigenvalue weighted by Gasteiger charge is 2.31. The van der Waals surface area contributed by atoms with Gasteiger partial charge in [-0.3, -0.25) is 0 Å². The van der Waals surface area contributed by atoms with Crippen LogP contribution in [0.4, 0.5) is 4.79 Å². The third-order valence-electron chi connectivity index (χ3n) is 4.39. The third-order valence-corrected chi connectivity index (χ3v) is 4.39. The van der Waals surface area contributed by atoms with Crippen LogP contribution < -0.4 is 10.6 Å². The average molecular weight is 298 g/mol. The Kier molecular flexibility index (Phi) is 5.45. The molecular weight excluding hydrogens is 272 g/mol. The Hall–Kier alpha value is -1.30. The molecular formula is C15H26N2O4. The molecule has 1 heterocycles. The molecule has 1 saturated heterocycles. The molecule has 2 amide bonds. The van der Waals surface area contributed by atoms with Crippen LogP contribution in [0.25, 0.3) is 0 Å². The first-order valence-electron chi connectivity index (χ1n) is 7.86. The largest absolute Gasteiger partial charge is 0.479 e. The first kappa shape index (κ1) is 16.1. The van der Waals surface area contributed by atoms with Crippen LogP contribution in [0.3, 0.4) is 0 Å². The maximum Gasteiger partial charge on any atom is 0.332 e. The fourth-order valence-corrected chi connectivity index (χ4v) is 3.55. The molecule has 1 saturated carbocycles. The molecule has 2 rings (SSSR count). The van der Waals surface area contributed by atoms with Crippen molar-refractivity contribution in [3.05, 3.63) is 0 Å². The Morgan fingerprint density at radius 1 is 1.14 bits per heavy atom. The van der Waals surface area contributed by atoms with Crippen molar-refractivity contribution in [1.82, 2.24) is 10.6 Å². The number of carboxylic acid groups (broad SMARTS) is 1. The van der Waals surface area contributed by atoms with Crippen LogP contribution >= 0.6 is 0 Å². The van der Waals surface area contributed by atoms with Crippen molar-refractivity contribution < 1.29 is 19.4 Å². The van der Waals surface area contributed by atoms with Gasteiger partial charge in [0.1, 0.15) is 0 Å². The van der Waals surface area contributed by atoms with Gasteiger partial charge >= 0.3 is 12.0 Å². The lowest BCUT2D eigenvalue weighted by atomic mass is 9.80. The summed E-state index contributed by atoms with van der Waals surface area (Å²) in [7, 11) is 0. The van der Waals surface area contributed by atoms with Gasteiger partial charge in [-0.15, -0.1) is 0 Å². The molecule has 0 aromatic rings. The minimum Gasteiger partial charge on any atom is -0.479 e. The van der Waals surface area contributed by atoms with Gasteiger partial charge in [-0.2, -0.15) is 0 Å². The highest BCUT2D eigenvalue weighted by Crippen LogP contribution is 2.28. The number of amides is 2. The third kappa shape index (κ3) is 4.88. The van der Waals surface area contributed by atoms with E-state index in [1.807, 2.05) is 0 Å². The number of carbonyl (C=O) groups is 2. The molecule has 0 aromatic carbocycles. The zero-order valence-electron chi connectivity index (χ0n) is 12.8. The second-order valence-electron chi connectivity index (χ2n) is 6.63. The van der Waals surface area contributed by atoms with Crippen molar-refractivity contribution in [1.29, 1.82) is 0 Å². The molecule has 1 aliphatic carbocycles. The lowest BCUT2D eigenvalue weighted by Crippen LogP contribution is -2.46. The Bertz CT molecular complexity index is 378. The van der Waals surface area contributed by atoms with Gasteiger partial charge in [0.05, 0.1) is 6.10 Å². The van der Waals surface area contributed by atoms with E-state index in [-0.39, 0.29) is 18.2 Å². The summed E-state index contributed by atoms with van der Waals surface area (Å²) in [6.07, 6.45) is 3.56. The Balaban J connectivity index is 1.67. The van der Waals surface area contributed by atoms with E-state index in [1.54, 1.807) is 0 Å². The van der Waals surface area contributed by atoms with Crippen molar-refractivity contribution >= 4 is 12.0 Å². The maximum absolute atomic E-state index is 11.9. The van der Waals surface area contributed by atoms with E-state index in [0.29, 0.717) is 31.2 Å². The Morgan fingerprint density at radius 2 is 1.81 bits per heavy atom. The van der Waals surface area contributed by atoms with Gasteiger partial charge in [-0.1, -0.05) is 13.8 Å². The van der Waals surface area contributed by atoms with E-state index in [0.717, 1.165) is 12.8 Å². The number of hydrogen-bond donors (Lipinski definition) is 3. The predicted octanol–water partition coefficient (Wildman–Crippen LogP) is 1.74. The van der Waals surface area contributed by atoms with Crippen LogP contribution in [-0.2, 0) is 9.53 Å². The first-order chi connectivity index (χ1) is 9.94. The standard InChI is InChI=1S/C15H26N2O4/c1-9-5-10(2)7-11(6-9)17-15(20)16-8-12-3-4-13(21-12)14(18)19/h9-13H,3-8H2,1-2H3,(H,18,19)(H2,16,17,20). The quantitative estimate of drug-likeness (QED) is 0.738. The SMILES string of the molecule is CC1CC(C)CC(NC(=O)NCC2CCC(C(=O)O)O2)C1. The van der Waals surface area contributed by atoms with Crippen LogP contribution in [0.5, 0.6) is 0 Å². The molecule has 6 nitrogen and oxygen atoms in total. The highest BCUT2D eigenvalue weighted by molar-refractivity contribution is 5.74. The summed E-state index contributed by atoms with van der Waals surface area (Å²) < 4.78 is 5.36. The average Bonchev–Trinajstić information content (AvgIpc) is 2.84. The molecule has 2 aliphatic rings. The van der Waals surface area contributed by atoms with Crippen molar-refractivity contribution in [2.45, 2.75) is 64.2 Å². The summed E-state index contributed by atoms with van der Waals surface area (Å²) in [5.74, 6) is 0.370. The molecule has 2 fully saturated rings. The number of carbonyl (C=O) groups excluding carboxylic acids is 1. The van der Waals surface area contributed by atoms with E-state index in [4.69, 9.17) is 9.84 Å². The molecule has 0 aromatic heterocycles. The molecule has 0 radical (unpaired) electrons. The molecule has 0 spiro atoms. The maximum atomic E-state index is 11.9. The molecule has 0 bridgehead atoms. The van der Waals surface area contributed by atoms with E-state index in [1.165, 1.54) is 6.42 Å². The number of carboxylic acids is 1. The van der Waals surface area contributed by atoms with Gasteiger partial charge in [-0.05, 0) is 43.9 Å². The highest BCUT2D eigenvalue weighted by atomic mass is 16.5. The van der Waals surface area contributed by atoms with E-state index in [9.17, 15) is 9.59 Å². The lowest BCUT2D eigenvalue weighted by Gasteiger charge is -2.32. The van der Waals surface area contributed by atoms with Gasteiger partial charge in [0.2, 0.25) is 0 Å². The smallest absolute Gasteiger partial charge is 0.332 e. The minimum atomic E-state index is -0.924. The molecule has 6 heteroatoms. The molecule has 120 valence electrons. The fourth-order valence-electron chi connectivity index (χ4n) is 3.55. The zero-order valence-corrected chi connectivity index (χ0v) is 12.8. The minimum absolute atomic E-state index is 0.177. The molecule has 4 unspecified atom stereocenters. The first-order valence-corrected chi connectivity index (χ1v) is 7.86. The Morgan fingerprint density at radius 3 is 2.38 bits per heavy atom. The summed E-state index contributed by atoms with van der Waals surface area (Å²) in [5.41, 5.74) is 0. The van der Waals surface area contributed by atoms with Gasteiger partial charge in [-0.25, -0.2) is 9.59 Å². The summed E-state index contributed by atoms with van der Waals surface area (Å²) in [6.45, 7) is 4.81. The van der Waals surface area contributed by atoms with Crippen LogP contribution in [0, 0.1) is 11.8 Å². The molecule has 21 heavy (non-hydrogen) atoms. The summed E-state index contributed by atoms with van der Waals surface area (Å²) >= 11 is 0. The van der Waals surface area contributed by atoms with Crippen LogP contribution in [0.1, 0.15) is 46.0 Å². The second-order valence-corrected chi connectivity index (χ2v) is 6.63. The normalized spacial score (nSPS) is 36.2. The number of aliphatic carboxylic acids is 1. The Labute approximate surface area is 125 Å². The number of urea groups is 1. The predicted molar refractivity (Wildman–Crippen MR) is 78.0 cm³/mol. The fraction of sp³-hybridized carbons (Fsp3) is 0.867. The van der Waals surface area contributed by atoms with Crippen molar-refractivity contribution in [3.63, 3.8) is 0 Å². The summed E-state index contributed by atoms with van der Waals surface area (Å²) in [5, 5.41) is 14.7. The number of ether oxygens (including phenoxy) is 1. The van der Waals surface area contributed by atoms with Gasteiger partial charge in [0.25, 0.3) is 0 Å². The van der Waals surface area contributed by atoms with Gasteiger partial charge < -0.3 is 20.5 Å². The van der Waals surface area contributed by atoms with Gasteiger partial charge in [0, 0.05) is 12.6 Å². The van der Waals surface area contributed by atoms with E-state index >= 15 is 0 Å². The molecule has 3 N–H and O–H groups in total. The van der Waals surface area contributed by atoms with Crippen molar-refractivity contribution in [3.8, 4) is 0 Å². The molecule has 1 aliphatic heterocycles. The zero-order chi connectivity index (χ0) is 15.4. The topological polar surface area (TPSA) is 87.7 Å². The van der Waals surface area contributed by atoms with Crippen molar-refractivity contribution in [2.24, 2.45) is 11.8 Å². The van der Waals surface area contributed by atoms with E-state index in [2.05, 4.69) is 24.5 Å².